The van der Waals surface area contributed by atoms with Gasteiger partial charge in [-0.1, -0.05) is 6.08 Å². The highest BCUT2D eigenvalue weighted by Gasteiger charge is 2.47. The number of hydrogen-bond acceptors (Lipinski definition) is 2. The quantitative estimate of drug-likeness (QED) is 0.639. The second-order valence-electron chi connectivity index (χ2n) is 3.95. The summed E-state index contributed by atoms with van der Waals surface area (Å²) in [5.74, 6) is 0.851. The maximum atomic E-state index is 8.06. The van der Waals surface area contributed by atoms with E-state index in [2.05, 4.69) is 28.7 Å². The zero-order valence-corrected chi connectivity index (χ0v) is 9.44. The fraction of sp³-hybridized carbons (Fsp3) is 0.800. The molecule has 0 bridgehead atoms. The fourth-order valence-electron chi connectivity index (χ4n) is 2.56. The van der Waals surface area contributed by atoms with Crippen LogP contribution in [-0.4, -0.2) is 19.0 Å². The summed E-state index contributed by atoms with van der Waals surface area (Å²) in [7, 11) is 0. The molecular formula is C10H13IO2. The Hall–Kier alpha value is 0.390. The van der Waals surface area contributed by atoms with E-state index in [0.29, 0.717) is 11.8 Å². The van der Waals surface area contributed by atoms with Crippen LogP contribution in [0.5, 0.6) is 0 Å². The molecule has 0 N–H and O–H groups in total. The molecule has 2 aliphatic heterocycles. The van der Waals surface area contributed by atoms with E-state index < -0.39 is 0 Å². The molecule has 5 atom stereocenters. The van der Waals surface area contributed by atoms with Gasteiger partial charge in [-0.2, -0.15) is 0 Å². The predicted molar refractivity (Wildman–Crippen MR) is 57.5 cm³/mol. The summed E-state index contributed by atoms with van der Waals surface area (Å²) in [6, 6.07) is 0. The Morgan fingerprint density at radius 3 is 3.38 bits per heavy atom. The van der Waals surface area contributed by atoms with Gasteiger partial charge < -0.3 is 9.47 Å². The smallest absolute Gasteiger partial charge is 0.161 e. The van der Waals surface area contributed by atoms with E-state index in [1.165, 1.54) is 3.58 Å². The van der Waals surface area contributed by atoms with Crippen molar-refractivity contribution in [3.63, 3.8) is 0 Å². The first-order valence-corrected chi connectivity index (χ1v) is 5.89. The predicted octanol–water partition coefficient (Wildman–Crippen LogP) is 2.48. The van der Waals surface area contributed by atoms with Gasteiger partial charge in [0.15, 0.2) is 6.29 Å². The molecule has 1 aliphatic carbocycles. The minimum absolute atomic E-state index is 0.00597. The van der Waals surface area contributed by atoms with Crippen molar-refractivity contribution in [1.82, 2.24) is 0 Å². The Bertz CT molecular complexity index is 281. The molecular weight excluding hydrogens is 279 g/mol. The Morgan fingerprint density at radius 2 is 2.46 bits per heavy atom. The van der Waals surface area contributed by atoms with Crippen LogP contribution in [-0.2, 0) is 9.47 Å². The van der Waals surface area contributed by atoms with Crippen LogP contribution >= 0.6 is 22.6 Å². The van der Waals surface area contributed by atoms with E-state index >= 15 is 0 Å². The molecule has 1 unspecified atom stereocenters. The molecule has 0 amide bonds. The number of fused-ring (bicyclic) bond motifs is 3. The van der Waals surface area contributed by atoms with Crippen molar-refractivity contribution in [2.75, 3.05) is 6.61 Å². The van der Waals surface area contributed by atoms with Gasteiger partial charge in [0.1, 0.15) is 0 Å². The van der Waals surface area contributed by atoms with Crippen LogP contribution < -0.4 is 0 Å². The van der Waals surface area contributed by atoms with Crippen LogP contribution in [0.15, 0.2) is 9.66 Å². The number of rotatable bonds is 0. The first-order chi connectivity index (χ1) is 6.75. The lowest BCUT2D eigenvalue weighted by Crippen LogP contribution is -2.22. The Labute approximate surface area is 93.2 Å². The number of ether oxygens (including phenoxy) is 2. The number of allylic oxidation sites excluding steroid dienone is 1. The van der Waals surface area contributed by atoms with Gasteiger partial charge in [0.25, 0.3) is 0 Å². The van der Waals surface area contributed by atoms with Crippen LogP contribution in [0.4, 0.5) is 0 Å². The molecule has 0 aromatic rings. The second-order valence-corrected chi connectivity index (χ2v) is 5.34. The van der Waals surface area contributed by atoms with E-state index in [9.17, 15) is 0 Å². The molecule has 3 heteroatoms. The highest BCUT2D eigenvalue weighted by molar-refractivity contribution is 14.1. The molecule has 0 radical (unpaired) electrons. The third-order valence-corrected chi connectivity index (χ3v) is 4.01. The van der Waals surface area contributed by atoms with Crippen molar-refractivity contribution in [3.05, 3.63) is 9.66 Å². The summed E-state index contributed by atoms with van der Waals surface area (Å²) >= 11 is 2.31. The molecule has 0 aromatic carbocycles. The molecule has 2 fully saturated rings. The van der Waals surface area contributed by atoms with E-state index in [1.54, 1.807) is 0 Å². The van der Waals surface area contributed by atoms with Gasteiger partial charge in [-0.15, -0.1) is 0 Å². The third kappa shape index (κ3) is 1.36. The Balaban J connectivity index is 1.87. The van der Waals surface area contributed by atoms with Crippen LogP contribution in [0.3, 0.4) is 0 Å². The monoisotopic (exact) mass is 293 g/mol. The summed E-state index contributed by atoms with van der Waals surface area (Å²) in [6.07, 6.45) is 4.28. The molecule has 13 heavy (non-hydrogen) atoms. The number of hydrogen-bond donors (Lipinski definition) is 0. The van der Waals surface area contributed by atoms with Crippen LogP contribution in [0.1, 0.15) is 20.6 Å². The fourth-order valence-corrected chi connectivity index (χ4v) is 3.20. The average molecular weight is 293 g/mol. The van der Waals surface area contributed by atoms with Crippen molar-refractivity contribution in [1.29, 1.82) is 0 Å². The summed E-state index contributed by atoms with van der Waals surface area (Å²) in [5, 5.41) is 0. The molecule has 0 saturated carbocycles. The van der Waals surface area contributed by atoms with E-state index in [4.69, 9.17) is 10.8 Å². The first-order valence-electron chi connectivity index (χ1n) is 5.39. The normalized spacial score (nSPS) is 55.3. The average Bonchev–Trinajstić information content (AvgIpc) is 2.60. The maximum absolute atomic E-state index is 8.06. The molecule has 2 saturated heterocycles. The Kier molecular flexibility index (Phi) is 1.89. The second kappa shape index (κ2) is 3.21. The zero-order valence-electron chi connectivity index (χ0n) is 8.28. The minimum Gasteiger partial charge on any atom is -0.352 e. The number of halogens is 1. The summed E-state index contributed by atoms with van der Waals surface area (Å²) in [5.41, 5.74) is 0. The van der Waals surface area contributed by atoms with E-state index in [-0.39, 0.29) is 18.8 Å². The molecule has 2 nitrogen and oxygen atoms in total. The van der Waals surface area contributed by atoms with Crippen molar-refractivity contribution in [2.45, 2.75) is 31.6 Å². The summed E-state index contributed by atoms with van der Waals surface area (Å²) < 4.78 is 20.7. The maximum Gasteiger partial charge on any atom is 0.161 e. The van der Waals surface area contributed by atoms with Gasteiger partial charge in [0.2, 0.25) is 0 Å². The standard InChI is InChI=1S/C10H13IO2/c11-6-1-2-7-8-3-4-12-10(8)13-9(7)5-6/h1,7-10H,2-5H2/t7-,8+,9+,10-/m1/s1/i2D/t2?,7-,8+,9+,10-. The largest absolute Gasteiger partial charge is 0.352 e. The SMILES string of the molecule is [2H]C1C=C(I)C[C@@H]2O[C@H]3OCC[C@H]3[C@@H]12. The highest BCUT2D eigenvalue weighted by atomic mass is 127. The molecule has 3 aliphatic rings. The zero-order chi connectivity index (χ0) is 9.71. The van der Waals surface area contributed by atoms with Gasteiger partial charge in [-0.25, -0.2) is 0 Å². The molecule has 0 aromatic heterocycles. The summed E-state index contributed by atoms with van der Waals surface area (Å²) in [4.78, 5) is 0. The molecule has 3 rings (SSSR count). The Morgan fingerprint density at radius 1 is 1.54 bits per heavy atom. The van der Waals surface area contributed by atoms with Crippen LogP contribution in [0.2, 0.25) is 0 Å². The minimum atomic E-state index is -0.0858. The van der Waals surface area contributed by atoms with Crippen molar-refractivity contribution in [3.8, 4) is 0 Å². The van der Waals surface area contributed by atoms with E-state index in [0.717, 1.165) is 19.4 Å². The van der Waals surface area contributed by atoms with Gasteiger partial charge >= 0.3 is 0 Å². The van der Waals surface area contributed by atoms with Gasteiger partial charge in [0.05, 0.1) is 12.7 Å². The topological polar surface area (TPSA) is 18.5 Å². The molecule has 72 valence electrons. The van der Waals surface area contributed by atoms with Crippen molar-refractivity contribution < 1.29 is 10.8 Å². The molecule has 0 spiro atoms. The van der Waals surface area contributed by atoms with Crippen LogP contribution in [0, 0.1) is 11.8 Å². The third-order valence-electron chi connectivity index (χ3n) is 3.21. The van der Waals surface area contributed by atoms with Crippen molar-refractivity contribution in [2.24, 2.45) is 11.8 Å². The van der Waals surface area contributed by atoms with E-state index in [1.807, 2.05) is 0 Å². The molecule has 2 heterocycles. The van der Waals surface area contributed by atoms with Gasteiger partial charge in [-0.3, -0.25) is 0 Å². The van der Waals surface area contributed by atoms with Crippen LogP contribution in [0.25, 0.3) is 0 Å². The lowest BCUT2D eigenvalue weighted by molar-refractivity contribution is -0.117. The summed E-state index contributed by atoms with van der Waals surface area (Å²) in [6.45, 7) is 0.812. The van der Waals surface area contributed by atoms with Crippen molar-refractivity contribution >= 4 is 22.6 Å². The first kappa shape index (κ1) is 7.65. The lowest BCUT2D eigenvalue weighted by atomic mass is 9.82. The van der Waals surface area contributed by atoms with Gasteiger partial charge in [-0.05, 0) is 44.9 Å². The van der Waals surface area contributed by atoms with Gasteiger partial charge in [0, 0.05) is 13.7 Å². The lowest BCUT2D eigenvalue weighted by Gasteiger charge is -2.24. The highest BCUT2D eigenvalue weighted by Crippen LogP contribution is 2.46.